The van der Waals surface area contributed by atoms with E-state index in [1.54, 1.807) is 0 Å². The molecule has 1 amide bonds. The van der Waals surface area contributed by atoms with Gasteiger partial charge in [0.1, 0.15) is 6.61 Å². The van der Waals surface area contributed by atoms with Gasteiger partial charge in [0.05, 0.1) is 0 Å². The highest BCUT2D eigenvalue weighted by atomic mass is 16.5. The monoisotopic (exact) mass is 246 g/mol. The summed E-state index contributed by atoms with van der Waals surface area (Å²) in [7, 11) is 1.52. The van der Waals surface area contributed by atoms with Crippen molar-refractivity contribution in [2.75, 3.05) is 13.7 Å². The lowest BCUT2D eigenvalue weighted by Gasteiger charge is -2.13. The van der Waals surface area contributed by atoms with Crippen LogP contribution in [0.2, 0.25) is 0 Å². The Kier molecular flexibility index (Phi) is 3.99. The summed E-state index contributed by atoms with van der Waals surface area (Å²) in [5.74, 6) is -0.0789. The van der Waals surface area contributed by atoms with Crippen LogP contribution in [0.25, 0.3) is 10.9 Å². The first-order valence-corrected chi connectivity index (χ1v) is 6.04. The van der Waals surface area contributed by atoms with E-state index in [4.69, 9.17) is 4.74 Å². The van der Waals surface area contributed by atoms with Crippen LogP contribution >= 0.6 is 0 Å². The highest BCUT2D eigenvalue weighted by Crippen LogP contribution is 2.18. The van der Waals surface area contributed by atoms with Gasteiger partial charge in [-0.25, -0.2) is 0 Å². The van der Waals surface area contributed by atoms with Gasteiger partial charge in [-0.05, 0) is 25.0 Å². The van der Waals surface area contributed by atoms with E-state index in [9.17, 15) is 4.79 Å². The largest absolute Gasteiger partial charge is 0.375 e. The maximum atomic E-state index is 11.4. The highest BCUT2D eigenvalue weighted by molar-refractivity contribution is 5.83. The molecule has 0 saturated heterocycles. The predicted molar refractivity (Wildman–Crippen MR) is 71.5 cm³/mol. The van der Waals surface area contributed by atoms with Gasteiger partial charge in [0.15, 0.2) is 0 Å². The number of aromatic nitrogens is 1. The molecule has 2 aromatic rings. The van der Waals surface area contributed by atoms with E-state index >= 15 is 0 Å². The second kappa shape index (κ2) is 5.69. The average molecular weight is 246 g/mol. The second-order valence-electron chi connectivity index (χ2n) is 4.47. The van der Waals surface area contributed by atoms with Crippen molar-refractivity contribution < 1.29 is 9.53 Å². The Morgan fingerprint density at radius 1 is 1.44 bits per heavy atom. The molecule has 1 aromatic heterocycles. The van der Waals surface area contributed by atoms with Crippen molar-refractivity contribution in [3.05, 3.63) is 36.0 Å². The summed E-state index contributed by atoms with van der Waals surface area (Å²) in [5, 5.41) is 4.12. The van der Waals surface area contributed by atoms with Gasteiger partial charge in [0, 0.05) is 30.3 Å². The molecule has 1 heterocycles. The molecule has 0 spiro atoms. The van der Waals surface area contributed by atoms with E-state index < -0.39 is 0 Å². The van der Waals surface area contributed by atoms with Crippen LogP contribution in [0.15, 0.2) is 30.5 Å². The summed E-state index contributed by atoms with van der Waals surface area (Å²) in [6.45, 7) is 2.10. The number of ether oxygens (including phenoxy) is 1. The quantitative estimate of drug-likeness (QED) is 0.846. The summed E-state index contributed by atoms with van der Waals surface area (Å²) in [5.41, 5.74) is 2.35. The molecule has 0 aliphatic rings. The molecule has 2 N–H and O–H groups in total. The van der Waals surface area contributed by atoms with Crippen molar-refractivity contribution in [1.29, 1.82) is 0 Å². The van der Waals surface area contributed by atoms with Crippen molar-refractivity contribution in [2.24, 2.45) is 0 Å². The minimum Gasteiger partial charge on any atom is -0.375 e. The number of H-pyrrole nitrogens is 1. The van der Waals surface area contributed by atoms with E-state index in [0.29, 0.717) is 0 Å². The Labute approximate surface area is 106 Å². The van der Waals surface area contributed by atoms with Crippen LogP contribution in [-0.4, -0.2) is 30.6 Å². The maximum Gasteiger partial charge on any atom is 0.246 e. The smallest absolute Gasteiger partial charge is 0.246 e. The first-order chi connectivity index (χ1) is 8.70. The molecule has 0 bridgehead atoms. The first kappa shape index (κ1) is 12.6. The number of hydrogen-bond donors (Lipinski definition) is 2. The molecule has 96 valence electrons. The second-order valence-corrected chi connectivity index (χ2v) is 4.47. The number of hydrogen-bond acceptors (Lipinski definition) is 2. The zero-order valence-electron chi connectivity index (χ0n) is 10.7. The number of rotatable bonds is 5. The summed E-state index contributed by atoms with van der Waals surface area (Å²) in [6.07, 6.45) is 2.81. The zero-order valence-corrected chi connectivity index (χ0v) is 10.7. The van der Waals surface area contributed by atoms with Crippen molar-refractivity contribution >= 4 is 16.8 Å². The number of amides is 1. The Morgan fingerprint density at radius 3 is 3.00 bits per heavy atom. The van der Waals surface area contributed by atoms with Gasteiger partial charge in [-0.2, -0.15) is 0 Å². The third kappa shape index (κ3) is 2.90. The van der Waals surface area contributed by atoms with E-state index in [2.05, 4.69) is 16.4 Å². The zero-order chi connectivity index (χ0) is 13.0. The normalized spacial score (nSPS) is 12.6. The van der Waals surface area contributed by atoms with Crippen molar-refractivity contribution in [3.63, 3.8) is 0 Å². The van der Waals surface area contributed by atoms with Gasteiger partial charge in [-0.1, -0.05) is 18.2 Å². The maximum absolute atomic E-state index is 11.4. The molecule has 1 atom stereocenters. The molecule has 0 aliphatic heterocycles. The number of aromatic amines is 1. The fourth-order valence-electron chi connectivity index (χ4n) is 2.13. The van der Waals surface area contributed by atoms with Crippen LogP contribution < -0.4 is 5.32 Å². The Balaban J connectivity index is 2.03. The predicted octanol–water partition coefficient (Wildman–Crippen LogP) is 1.86. The van der Waals surface area contributed by atoms with E-state index in [0.717, 1.165) is 11.9 Å². The van der Waals surface area contributed by atoms with Crippen LogP contribution in [-0.2, 0) is 16.0 Å². The van der Waals surface area contributed by atoms with E-state index in [-0.39, 0.29) is 18.6 Å². The molecule has 4 nitrogen and oxygen atoms in total. The van der Waals surface area contributed by atoms with Crippen molar-refractivity contribution in [1.82, 2.24) is 10.3 Å². The number of para-hydroxylation sites is 1. The summed E-state index contributed by atoms with van der Waals surface area (Å²) >= 11 is 0. The van der Waals surface area contributed by atoms with E-state index in [1.807, 2.05) is 31.3 Å². The number of nitrogens with one attached hydrogen (secondary N) is 2. The molecule has 18 heavy (non-hydrogen) atoms. The van der Waals surface area contributed by atoms with Crippen molar-refractivity contribution in [3.8, 4) is 0 Å². The fourth-order valence-corrected chi connectivity index (χ4v) is 2.13. The molecule has 0 radical (unpaired) electrons. The van der Waals surface area contributed by atoms with Gasteiger partial charge >= 0.3 is 0 Å². The highest BCUT2D eigenvalue weighted by Gasteiger charge is 2.10. The van der Waals surface area contributed by atoms with Gasteiger partial charge in [0.25, 0.3) is 0 Å². The van der Waals surface area contributed by atoms with Crippen LogP contribution in [0, 0.1) is 0 Å². The molecule has 0 fully saturated rings. The lowest BCUT2D eigenvalue weighted by Crippen LogP contribution is -2.36. The average Bonchev–Trinajstić information content (AvgIpc) is 2.73. The standard InChI is InChI=1S/C14H18N2O2/c1-10(16-14(17)9-18-2)7-11-8-15-13-6-4-3-5-12(11)13/h3-6,8,10,15H,7,9H2,1-2H3,(H,16,17)/t10-/m1/s1. The van der Waals surface area contributed by atoms with E-state index in [1.165, 1.54) is 18.1 Å². The molecule has 0 saturated carbocycles. The molecule has 2 rings (SSSR count). The number of methoxy groups -OCH3 is 1. The van der Waals surface area contributed by atoms with Crippen molar-refractivity contribution in [2.45, 2.75) is 19.4 Å². The first-order valence-electron chi connectivity index (χ1n) is 6.04. The lowest BCUT2D eigenvalue weighted by molar-refractivity contribution is -0.125. The van der Waals surface area contributed by atoms with Crippen LogP contribution in [0.4, 0.5) is 0 Å². The molecule has 0 aliphatic carbocycles. The lowest BCUT2D eigenvalue weighted by atomic mass is 10.1. The number of benzene rings is 1. The van der Waals surface area contributed by atoms with Gasteiger partial charge < -0.3 is 15.0 Å². The van der Waals surface area contributed by atoms with Gasteiger partial charge in [0.2, 0.25) is 5.91 Å². The number of carbonyl (C=O) groups is 1. The summed E-state index contributed by atoms with van der Waals surface area (Å²) < 4.78 is 4.79. The number of fused-ring (bicyclic) bond motifs is 1. The summed E-state index contributed by atoms with van der Waals surface area (Å²) in [4.78, 5) is 14.6. The number of carbonyl (C=O) groups excluding carboxylic acids is 1. The van der Waals surface area contributed by atoms with Gasteiger partial charge in [-0.15, -0.1) is 0 Å². The minimum absolute atomic E-state index is 0.0789. The molecular formula is C14H18N2O2. The Bertz CT molecular complexity index is 533. The van der Waals surface area contributed by atoms with Crippen LogP contribution in [0.1, 0.15) is 12.5 Å². The Hall–Kier alpha value is -1.81. The molecule has 4 heteroatoms. The SMILES string of the molecule is COCC(=O)N[C@H](C)Cc1c[nH]c2ccccc12. The molecular weight excluding hydrogens is 228 g/mol. The summed E-state index contributed by atoms with van der Waals surface area (Å²) in [6, 6.07) is 8.25. The third-order valence-corrected chi connectivity index (χ3v) is 2.88. The van der Waals surface area contributed by atoms with Crippen LogP contribution in [0.5, 0.6) is 0 Å². The molecule has 1 aromatic carbocycles. The minimum atomic E-state index is -0.0789. The van der Waals surface area contributed by atoms with Gasteiger partial charge in [-0.3, -0.25) is 4.79 Å². The topological polar surface area (TPSA) is 54.1 Å². The van der Waals surface area contributed by atoms with Crippen LogP contribution in [0.3, 0.4) is 0 Å². The fraction of sp³-hybridized carbons (Fsp3) is 0.357. The molecule has 0 unspecified atom stereocenters. The Morgan fingerprint density at radius 2 is 2.22 bits per heavy atom. The third-order valence-electron chi connectivity index (χ3n) is 2.88.